The molecule has 0 N–H and O–H groups in total. The number of imidazole rings is 1. The Balaban J connectivity index is 1.88. The number of pyridine rings is 1. The molecule has 8 heteroatoms. The maximum atomic E-state index is 12.9. The zero-order valence-electron chi connectivity index (χ0n) is 14.1. The van der Waals surface area contributed by atoms with E-state index in [-0.39, 0.29) is 12.2 Å². The second kappa shape index (κ2) is 5.66. The Bertz CT molecular complexity index is 1140. The lowest BCUT2D eigenvalue weighted by Crippen LogP contribution is -2.22. The van der Waals surface area contributed by atoms with Gasteiger partial charge in [-0.05, 0) is 12.1 Å². The molecule has 0 fully saturated rings. The van der Waals surface area contributed by atoms with Crippen molar-refractivity contribution in [3.63, 3.8) is 0 Å². The number of hydrogen-bond donors (Lipinski definition) is 0. The van der Waals surface area contributed by atoms with Gasteiger partial charge in [-0.2, -0.15) is 0 Å². The number of methoxy groups -OCH3 is 2. The maximum absolute atomic E-state index is 12.9. The molecule has 4 aromatic rings. The lowest BCUT2D eigenvalue weighted by Gasteiger charge is -2.10. The molecule has 8 nitrogen and oxygen atoms in total. The quantitative estimate of drug-likeness (QED) is 0.562. The van der Waals surface area contributed by atoms with Crippen molar-refractivity contribution in [2.45, 2.75) is 6.54 Å². The molecule has 0 saturated carbocycles. The molecule has 3 heterocycles. The van der Waals surface area contributed by atoms with E-state index in [1.54, 1.807) is 30.9 Å². The fraction of sp³-hybridized carbons (Fsp3) is 0.235. The zero-order valence-corrected chi connectivity index (χ0v) is 14.1. The fourth-order valence-electron chi connectivity index (χ4n) is 3.08. The van der Waals surface area contributed by atoms with Crippen molar-refractivity contribution in [3.8, 4) is 11.5 Å². The predicted molar refractivity (Wildman–Crippen MR) is 92.4 cm³/mol. The summed E-state index contributed by atoms with van der Waals surface area (Å²) in [7, 11) is 4.99. The number of ether oxygens (including phenoxy) is 2. The first-order valence-electron chi connectivity index (χ1n) is 7.74. The van der Waals surface area contributed by atoms with E-state index in [1.165, 1.54) is 4.68 Å². The van der Waals surface area contributed by atoms with Crippen LogP contribution >= 0.6 is 0 Å². The highest BCUT2D eigenvalue weighted by Gasteiger charge is 2.18. The number of aryl methyl sites for hydroxylation is 1. The second-order valence-electron chi connectivity index (χ2n) is 5.62. The van der Waals surface area contributed by atoms with Gasteiger partial charge in [0.05, 0.1) is 31.8 Å². The zero-order chi connectivity index (χ0) is 17.6. The number of nitrogens with zero attached hydrogens (tertiary/aromatic N) is 5. The molecule has 0 aliphatic heterocycles. The van der Waals surface area contributed by atoms with Crippen LogP contribution in [0.1, 0.15) is 5.69 Å². The summed E-state index contributed by atoms with van der Waals surface area (Å²) in [6.45, 7) is 0.190. The fourth-order valence-corrected chi connectivity index (χ4v) is 3.08. The predicted octanol–water partition coefficient (Wildman–Crippen LogP) is 1.45. The van der Waals surface area contributed by atoms with E-state index >= 15 is 0 Å². The Morgan fingerprint density at radius 1 is 1.08 bits per heavy atom. The topological polar surface area (TPSA) is 75.6 Å². The van der Waals surface area contributed by atoms with E-state index in [2.05, 4.69) is 10.1 Å². The van der Waals surface area contributed by atoms with Crippen molar-refractivity contribution in [2.75, 3.05) is 14.2 Å². The number of aromatic nitrogens is 5. The largest absolute Gasteiger partial charge is 0.493 e. The summed E-state index contributed by atoms with van der Waals surface area (Å²) >= 11 is 0. The van der Waals surface area contributed by atoms with E-state index in [9.17, 15) is 4.79 Å². The molecular weight excluding hydrogens is 322 g/mol. The van der Waals surface area contributed by atoms with Gasteiger partial charge in [-0.25, -0.2) is 13.9 Å². The molecule has 0 atom stereocenters. The van der Waals surface area contributed by atoms with Gasteiger partial charge >= 0.3 is 5.69 Å². The van der Waals surface area contributed by atoms with Crippen LogP contribution in [0.5, 0.6) is 11.5 Å². The van der Waals surface area contributed by atoms with E-state index < -0.39 is 0 Å². The molecule has 4 rings (SSSR count). The Kier molecular flexibility index (Phi) is 3.45. The highest BCUT2D eigenvalue weighted by atomic mass is 16.5. The molecule has 25 heavy (non-hydrogen) atoms. The lowest BCUT2D eigenvalue weighted by molar-refractivity contribution is 0.347. The number of rotatable bonds is 4. The van der Waals surface area contributed by atoms with Crippen LogP contribution in [-0.4, -0.2) is 38.0 Å². The van der Waals surface area contributed by atoms with Crippen LogP contribution in [0.4, 0.5) is 0 Å². The van der Waals surface area contributed by atoms with Crippen molar-refractivity contribution in [1.29, 1.82) is 0 Å². The van der Waals surface area contributed by atoms with Gasteiger partial charge in [0, 0.05) is 19.3 Å². The van der Waals surface area contributed by atoms with Gasteiger partial charge in [-0.1, -0.05) is 12.1 Å². The molecule has 0 unspecified atom stereocenters. The monoisotopic (exact) mass is 339 g/mol. The minimum atomic E-state index is -0.224. The summed E-state index contributed by atoms with van der Waals surface area (Å²) in [4.78, 5) is 17.2. The van der Waals surface area contributed by atoms with E-state index in [0.717, 1.165) is 11.0 Å². The maximum Gasteiger partial charge on any atom is 0.352 e. The summed E-state index contributed by atoms with van der Waals surface area (Å²) in [5.74, 6) is 1.64. The van der Waals surface area contributed by atoms with E-state index in [1.807, 2.05) is 35.9 Å². The number of para-hydroxylation sites is 2. The lowest BCUT2D eigenvalue weighted by atomic mass is 10.3. The number of hydrogen-bond acceptors (Lipinski definition) is 5. The standard InChI is InChI=1S/C17H17N5O3/c1-20-12-6-4-5-7-13(12)22-16(20)19-21(17(22)23)10-11-15(25-3)14(24-2)8-9-18-11/h4-9H,10H2,1-3H3. The summed E-state index contributed by atoms with van der Waals surface area (Å²) < 4.78 is 15.5. The first kappa shape index (κ1) is 15.3. The van der Waals surface area contributed by atoms with Gasteiger partial charge in [0.25, 0.3) is 0 Å². The van der Waals surface area contributed by atoms with Crippen molar-refractivity contribution in [1.82, 2.24) is 23.7 Å². The molecule has 0 amide bonds. The van der Waals surface area contributed by atoms with Crippen LogP contribution in [0, 0.1) is 0 Å². The highest BCUT2D eigenvalue weighted by molar-refractivity contribution is 5.80. The Labute approximate surface area is 142 Å². The normalized spacial score (nSPS) is 11.3. The Morgan fingerprint density at radius 3 is 2.56 bits per heavy atom. The van der Waals surface area contributed by atoms with Gasteiger partial charge in [0.1, 0.15) is 5.69 Å². The van der Waals surface area contributed by atoms with Crippen LogP contribution in [0.25, 0.3) is 16.8 Å². The minimum Gasteiger partial charge on any atom is -0.493 e. The van der Waals surface area contributed by atoms with Crippen molar-refractivity contribution < 1.29 is 9.47 Å². The van der Waals surface area contributed by atoms with Gasteiger partial charge in [0.15, 0.2) is 11.5 Å². The summed E-state index contributed by atoms with van der Waals surface area (Å²) in [6, 6.07) is 9.41. The number of benzene rings is 1. The summed E-state index contributed by atoms with van der Waals surface area (Å²) in [6.07, 6.45) is 1.62. The van der Waals surface area contributed by atoms with Crippen LogP contribution in [-0.2, 0) is 13.6 Å². The summed E-state index contributed by atoms with van der Waals surface area (Å²) in [5.41, 5.74) is 2.13. The van der Waals surface area contributed by atoms with Crippen molar-refractivity contribution in [3.05, 3.63) is 52.7 Å². The van der Waals surface area contributed by atoms with Crippen LogP contribution in [0.3, 0.4) is 0 Å². The Hall–Kier alpha value is -3.29. The minimum absolute atomic E-state index is 0.190. The van der Waals surface area contributed by atoms with Gasteiger partial charge in [-0.15, -0.1) is 5.10 Å². The van der Waals surface area contributed by atoms with Crippen molar-refractivity contribution >= 4 is 16.8 Å². The number of fused-ring (bicyclic) bond motifs is 3. The molecule has 0 aliphatic rings. The average molecular weight is 339 g/mol. The smallest absolute Gasteiger partial charge is 0.352 e. The third kappa shape index (κ3) is 2.18. The molecule has 0 aliphatic carbocycles. The molecule has 0 saturated heterocycles. The van der Waals surface area contributed by atoms with E-state index in [4.69, 9.17) is 9.47 Å². The van der Waals surface area contributed by atoms with Crippen LogP contribution in [0.2, 0.25) is 0 Å². The van der Waals surface area contributed by atoms with Crippen LogP contribution in [0.15, 0.2) is 41.3 Å². The summed E-state index contributed by atoms with van der Waals surface area (Å²) in [5, 5.41) is 4.47. The molecular formula is C17H17N5O3. The third-order valence-corrected chi connectivity index (χ3v) is 4.27. The van der Waals surface area contributed by atoms with Crippen LogP contribution < -0.4 is 15.2 Å². The molecule has 0 spiro atoms. The first-order valence-corrected chi connectivity index (χ1v) is 7.74. The molecule has 1 aromatic carbocycles. The van der Waals surface area contributed by atoms with Crippen molar-refractivity contribution in [2.24, 2.45) is 7.05 Å². The van der Waals surface area contributed by atoms with E-state index in [0.29, 0.717) is 23.0 Å². The van der Waals surface area contributed by atoms with Gasteiger partial charge in [-0.3, -0.25) is 4.98 Å². The highest BCUT2D eigenvalue weighted by Crippen LogP contribution is 2.29. The molecule has 0 bridgehead atoms. The molecule has 3 aromatic heterocycles. The average Bonchev–Trinajstić information content (AvgIpc) is 3.11. The van der Waals surface area contributed by atoms with Gasteiger partial charge in [0.2, 0.25) is 5.78 Å². The third-order valence-electron chi connectivity index (χ3n) is 4.27. The second-order valence-corrected chi connectivity index (χ2v) is 5.62. The SMILES string of the molecule is COc1ccnc(Cn2nc3n(C)c4ccccc4n3c2=O)c1OC. The molecule has 128 valence electrons. The first-order chi connectivity index (χ1) is 12.2. The molecule has 0 radical (unpaired) electrons. The Morgan fingerprint density at radius 2 is 1.84 bits per heavy atom. The van der Waals surface area contributed by atoms with Gasteiger partial charge < -0.3 is 14.0 Å².